The molecule has 1 heterocycles. The number of benzene rings is 4. The summed E-state index contributed by atoms with van der Waals surface area (Å²) in [5.74, 6) is 0. The Labute approximate surface area is 293 Å². The van der Waals surface area contributed by atoms with E-state index >= 15 is 0 Å². The van der Waals surface area contributed by atoms with Crippen molar-refractivity contribution in [2.75, 3.05) is 24.0 Å². The second kappa shape index (κ2) is 17.9. The van der Waals surface area contributed by atoms with E-state index in [9.17, 15) is 31.8 Å². The van der Waals surface area contributed by atoms with Gasteiger partial charge in [-0.2, -0.15) is 16.8 Å². The first-order chi connectivity index (χ1) is 23.4. The molecule has 0 saturated carbocycles. The minimum atomic E-state index is -3.67. The predicted octanol–water partition coefficient (Wildman–Crippen LogP) is 3.24. The van der Waals surface area contributed by atoms with E-state index < -0.39 is 44.5 Å². The maximum atomic E-state index is 14.6. The van der Waals surface area contributed by atoms with Crippen molar-refractivity contribution in [3.05, 3.63) is 131 Å². The summed E-state index contributed by atoms with van der Waals surface area (Å²) in [5.41, 5.74) is 17.0. The maximum absolute atomic E-state index is 14.6. The minimum Gasteiger partial charge on any atom is -0.399 e. The van der Waals surface area contributed by atoms with Gasteiger partial charge in [0.05, 0.1) is 24.6 Å². The number of aliphatic hydroxyl groups is 2. The van der Waals surface area contributed by atoms with E-state index in [0.717, 1.165) is 22.3 Å². The molecule has 50 heavy (non-hydrogen) atoms. The summed E-state index contributed by atoms with van der Waals surface area (Å²) in [4.78, 5) is 18.0. The Balaban J connectivity index is 0.000000595. The van der Waals surface area contributed by atoms with Crippen molar-refractivity contribution in [1.82, 2.24) is 9.80 Å². The number of rotatable bonds is 8. The van der Waals surface area contributed by atoms with Crippen LogP contribution in [-0.2, 0) is 46.2 Å². The zero-order valence-corrected chi connectivity index (χ0v) is 29.4. The van der Waals surface area contributed by atoms with Crippen LogP contribution in [0.25, 0.3) is 0 Å². The highest BCUT2D eigenvalue weighted by atomic mass is 32.2. The SMILES string of the molecule is CS(=O)(=O)O.CS(=O)(=O)O.Nc1cccc(CN2C(=O)N(Cc3cccc(N)c3)[C@H](Cc3ccccc3)[C@H](O)[C@@H](O)[C@H]2Cc2ccccc2)c1. The van der Waals surface area contributed by atoms with Crippen LogP contribution in [-0.4, -0.2) is 88.8 Å². The van der Waals surface area contributed by atoms with Crippen LogP contribution >= 0.6 is 0 Å². The average molecular weight is 729 g/mol. The fraction of sp³-hybridized carbons (Fsp3) is 0.286. The summed E-state index contributed by atoms with van der Waals surface area (Å²) in [7, 11) is -7.33. The molecule has 0 unspecified atom stereocenters. The fourth-order valence-electron chi connectivity index (χ4n) is 5.59. The summed E-state index contributed by atoms with van der Waals surface area (Å²) in [6.07, 6.45) is -0.177. The smallest absolute Gasteiger partial charge is 0.321 e. The largest absolute Gasteiger partial charge is 0.399 e. The van der Waals surface area contributed by atoms with E-state index in [1.807, 2.05) is 97.1 Å². The number of aliphatic hydroxyl groups excluding tert-OH is 2. The molecule has 0 aliphatic carbocycles. The Hall–Kier alpha value is -4.51. The average Bonchev–Trinajstić information content (AvgIpc) is 3.08. The van der Waals surface area contributed by atoms with Gasteiger partial charge >= 0.3 is 6.03 Å². The molecule has 0 bridgehead atoms. The molecule has 270 valence electrons. The van der Waals surface area contributed by atoms with Gasteiger partial charge in [-0.3, -0.25) is 9.11 Å². The zero-order valence-electron chi connectivity index (χ0n) is 27.7. The van der Waals surface area contributed by atoms with Crippen molar-refractivity contribution in [3.8, 4) is 0 Å². The normalized spacial score (nSPS) is 19.4. The number of urea groups is 1. The van der Waals surface area contributed by atoms with E-state index in [2.05, 4.69) is 0 Å². The number of nitrogens with zero attached hydrogens (tertiary/aromatic N) is 2. The predicted molar refractivity (Wildman–Crippen MR) is 193 cm³/mol. The van der Waals surface area contributed by atoms with Crippen molar-refractivity contribution >= 4 is 37.6 Å². The van der Waals surface area contributed by atoms with Crippen LogP contribution in [0.15, 0.2) is 109 Å². The van der Waals surface area contributed by atoms with Gasteiger partial charge in [0, 0.05) is 24.5 Å². The second-order valence-electron chi connectivity index (χ2n) is 12.0. The Kier molecular flexibility index (Phi) is 14.3. The number of anilines is 2. The van der Waals surface area contributed by atoms with E-state index in [0.29, 0.717) is 36.7 Å². The number of nitrogen functional groups attached to an aromatic ring is 2. The van der Waals surface area contributed by atoms with Crippen LogP contribution in [0.1, 0.15) is 22.3 Å². The first-order valence-corrected chi connectivity index (χ1v) is 19.1. The number of hydrogen-bond acceptors (Lipinski definition) is 9. The standard InChI is InChI=1S/C33H36N4O3.2CH4O3S/c34-27-15-7-13-25(17-27)21-36-29(19-23-9-3-1-4-10-23)31(38)32(39)30(20-24-11-5-2-6-12-24)37(33(36)40)22-26-14-8-16-28(35)18-26;2*1-5(2,3)4/h1-18,29-32,38-39H,19-22,34-35H2;2*1H3,(H,2,3,4)/t29-,30-,31+,32+;;/m1../s1. The number of carbonyl (C=O) groups is 1. The van der Waals surface area contributed by atoms with Gasteiger partial charge in [0.15, 0.2) is 0 Å². The lowest BCUT2D eigenvalue weighted by Gasteiger charge is -2.36. The van der Waals surface area contributed by atoms with Gasteiger partial charge in [0.1, 0.15) is 12.2 Å². The summed E-state index contributed by atoms with van der Waals surface area (Å²) < 4.78 is 51.7. The molecule has 0 radical (unpaired) electrons. The van der Waals surface area contributed by atoms with Gasteiger partial charge in [-0.1, -0.05) is 84.9 Å². The molecular weight excluding hydrogens is 685 g/mol. The lowest BCUT2D eigenvalue weighted by Crippen LogP contribution is -2.50. The van der Waals surface area contributed by atoms with Crippen LogP contribution in [0.5, 0.6) is 0 Å². The molecule has 0 aromatic heterocycles. The Morgan fingerprint density at radius 1 is 0.560 bits per heavy atom. The molecule has 8 N–H and O–H groups in total. The Morgan fingerprint density at radius 2 is 0.860 bits per heavy atom. The van der Waals surface area contributed by atoms with Gasteiger partial charge in [0.2, 0.25) is 0 Å². The topological polar surface area (TPSA) is 225 Å². The third kappa shape index (κ3) is 13.8. The number of amides is 2. The van der Waals surface area contributed by atoms with Crippen LogP contribution in [0, 0.1) is 0 Å². The maximum Gasteiger partial charge on any atom is 0.321 e. The zero-order chi connectivity index (χ0) is 37.1. The summed E-state index contributed by atoms with van der Waals surface area (Å²) >= 11 is 0. The van der Waals surface area contributed by atoms with Crippen molar-refractivity contribution < 1.29 is 40.9 Å². The van der Waals surface area contributed by atoms with Gasteiger partial charge in [-0.15, -0.1) is 0 Å². The minimum absolute atomic E-state index is 0.233. The lowest BCUT2D eigenvalue weighted by atomic mass is 9.91. The summed E-state index contributed by atoms with van der Waals surface area (Å²) in [5, 5.41) is 23.5. The molecule has 4 atom stereocenters. The first-order valence-electron chi connectivity index (χ1n) is 15.4. The first kappa shape index (κ1) is 39.9. The summed E-state index contributed by atoms with van der Waals surface area (Å²) in [6.45, 7) is 0.466. The molecular formula is C35H44N4O9S2. The number of carbonyl (C=O) groups excluding carboxylic acids is 1. The highest BCUT2D eigenvalue weighted by molar-refractivity contribution is 7.85. The van der Waals surface area contributed by atoms with Gasteiger partial charge in [-0.25, -0.2) is 4.79 Å². The second-order valence-corrected chi connectivity index (χ2v) is 14.9. The highest BCUT2D eigenvalue weighted by Gasteiger charge is 2.46. The van der Waals surface area contributed by atoms with Gasteiger partial charge in [0.25, 0.3) is 20.2 Å². The van der Waals surface area contributed by atoms with E-state index in [1.165, 1.54) is 0 Å². The monoisotopic (exact) mass is 728 g/mol. The van der Waals surface area contributed by atoms with E-state index in [1.54, 1.807) is 21.9 Å². The van der Waals surface area contributed by atoms with Crippen molar-refractivity contribution in [1.29, 1.82) is 0 Å². The van der Waals surface area contributed by atoms with Crippen LogP contribution in [0.2, 0.25) is 0 Å². The molecule has 1 saturated heterocycles. The molecule has 1 fully saturated rings. The summed E-state index contributed by atoms with van der Waals surface area (Å²) in [6, 6.07) is 32.7. The van der Waals surface area contributed by atoms with E-state index in [4.69, 9.17) is 20.6 Å². The van der Waals surface area contributed by atoms with Crippen molar-refractivity contribution in [3.63, 3.8) is 0 Å². The number of hydrogen-bond donors (Lipinski definition) is 6. The quantitative estimate of drug-likeness (QED) is 0.114. The third-order valence-corrected chi connectivity index (χ3v) is 7.61. The van der Waals surface area contributed by atoms with Crippen LogP contribution in [0.3, 0.4) is 0 Å². The van der Waals surface area contributed by atoms with Crippen molar-refractivity contribution in [2.24, 2.45) is 0 Å². The Morgan fingerprint density at radius 3 is 1.16 bits per heavy atom. The van der Waals surface area contributed by atoms with Gasteiger partial charge < -0.3 is 31.5 Å². The lowest BCUT2D eigenvalue weighted by molar-refractivity contribution is -0.0408. The molecule has 1 aliphatic heterocycles. The van der Waals surface area contributed by atoms with Crippen molar-refractivity contribution in [2.45, 2.75) is 50.2 Å². The molecule has 4 aromatic rings. The highest BCUT2D eigenvalue weighted by Crippen LogP contribution is 2.30. The van der Waals surface area contributed by atoms with Gasteiger partial charge in [-0.05, 0) is 59.4 Å². The van der Waals surface area contributed by atoms with Crippen LogP contribution in [0.4, 0.5) is 16.2 Å². The van der Waals surface area contributed by atoms with Crippen LogP contribution < -0.4 is 11.5 Å². The van der Waals surface area contributed by atoms with E-state index in [-0.39, 0.29) is 19.1 Å². The molecule has 13 nitrogen and oxygen atoms in total. The molecule has 15 heteroatoms. The molecule has 4 aromatic carbocycles. The fourth-order valence-corrected chi connectivity index (χ4v) is 5.59. The molecule has 5 rings (SSSR count). The number of nitrogens with two attached hydrogens (primary N) is 2. The Bertz CT molecular complexity index is 1740. The molecule has 0 spiro atoms. The molecule has 1 aliphatic rings. The third-order valence-electron chi connectivity index (χ3n) is 7.61. The molecule has 2 amide bonds.